The first-order valence-corrected chi connectivity index (χ1v) is 9.98. The maximum absolute atomic E-state index is 12.4. The molecule has 0 heterocycles. The summed E-state index contributed by atoms with van der Waals surface area (Å²) in [6, 6.07) is 25.7. The fourth-order valence-electron chi connectivity index (χ4n) is 2.79. The normalized spacial score (nSPS) is 11.4. The monoisotopic (exact) mass is 412 g/mol. The molecule has 0 radical (unpaired) electrons. The molecule has 3 aromatic rings. The third-order valence-corrected chi connectivity index (χ3v) is 5.40. The summed E-state index contributed by atoms with van der Waals surface area (Å²) in [7, 11) is 0. The number of hydrogen-bond donors (Lipinski definition) is 2. The van der Waals surface area contributed by atoms with Crippen LogP contribution < -0.4 is 11.1 Å². The topological polar surface area (TPSA) is 55.1 Å². The molecule has 3 nitrogen and oxygen atoms in total. The fourth-order valence-corrected chi connectivity index (χ4v) is 3.74. The minimum absolute atomic E-state index is 0. The molecular formula is C23H25ClN2OS. The van der Waals surface area contributed by atoms with Crippen molar-refractivity contribution in [2.75, 3.05) is 5.32 Å². The summed E-state index contributed by atoms with van der Waals surface area (Å²) >= 11 is 1.79. The molecule has 146 valence electrons. The summed E-state index contributed by atoms with van der Waals surface area (Å²) in [5.41, 5.74) is 10.3. The number of aryl methyl sites for hydroxylation is 1. The Kier molecular flexibility index (Phi) is 8.58. The van der Waals surface area contributed by atoms with E-state index in [0.29, 0.717) is 6.42 Å². The van der Waals surface area contributed by atoms with Crippen LogP contribution in [0.15, 0.2) is 83.8 Å². The number of amides is 1. The highest BCUT2D eigenvalue weighted by Gasteiger charge is 2.15. The van der Waals surface area contributed by atoms with E-state index in [1.165, 1.54) is 10.5 Å². The molecule has 1 atom stereocenters. The summed E-state index contributed by atoms with van der Waals surface area (Å²) in [6.07, 6.45) is 0.525. The molecule has 0 aliphatic rings. The summed E-state index contributed by atoms with van der Waals surface area (Å²) in [6.45, 7) is 2.00. The van der Waals surface area contributed by atoms with Gasteiger partial charge in [-0.25, -0.2) is 0 Å². The zero-order valence-electron chi connectivity index (χ0n) is 15.8. The minimum Gasteiger partial charge on any atom is -0.324 e. The van der Waals surface area contributed by atoms with E-state index in [-0.39, 0.29) is 18.3 Å². The van der Waals surface area contributed by atoms with Crippen molar-refractivity contribution in [3.8, 4) is 0 Å². The SMILES string of the molecule is Cc1cc(SCc2ccccc2)ccc1NC(=O)C(N)Cc1ccccc1.Cl. The first-order chi connectivity index (χ1) is 13.1. The van der Waals surface area contributed by atoms with Crippen molar-refractivity contribution < 1.29 is 4.79 Å². The Hall–Kier alpha value is -2.27. The number of hydrogen-bond acceptors (Lipinski definition) is 3. The Bertz CT molecular complexity index is 888. The lowest BCUT2D eigenvalue weighted by molar-refractivity contribution is -0.117. The van der Waals surface area contributed by atoms with Crippen LogP contribution >= 0.6 is 24.2 Å². The van der Waals surface area contributed by atoms with E-state index in [2.05, 4.69) is 35.6 Å². The van der Waals surface area contributed by atoms with Gasteiger partial charge in [0.25, 0.3) is 0 Å². The van der Waals surface area contributed by atoms with Crippen LogP contribution in [0.1, 0.15) is 16.7 Å². The van der Waals surface area contributed by atoms with Crippen molar-refractivity contribution in [2.45, 2.75) is 30.0 Å². The zero-order valence-corrected chi connectivity index (χ0v) is 17.4. The molecule has 0 bridgehead atoms. The lowest BCUT2D eigenvalue weighted by atomic mass is 10.1. The van der Waals surface area contributed by atoms with Crippen LogP contribution in [0.5, 0.6) is 0 Å². The molecule has 3 aromatic carbocycles. The van der Waals surface area contributed by atoms with Gasteiger partial charge in [0.15, 0.2) is 0 Å². The number of carbonyl (C=O) groups excluding carboxylic acids is 1. The molecular weight excluding hydrogens is 388 g/mol. The van der Waals surface area contributed by atoms with Gasteiger partial charge in [0.05, 0.1) is 6.04 Å². The number of carbonyl (C=O) groups is 1. The number of thioether (sulfide) groups is 1. The number of rotatable bonds is 7. The van der Waals surface area contributed by atoms with E-state index in [9.17, 15) is 4.79 Å². The highest BCUT2D eigenvalue weighted by Crippen LogP contribution is 2.27. The summed E-state index contributed by atoms with van der Waals surface area (Å²) in [4.78, 5) is 13.6. The second-order valence-electron chi connectivity index (χ2n) is 6.54. The number of nitrogens with two attached hydrogens (primary N) is 1. The molecule has 0 saturated heterocycles. The van der Waals surface area contributed by atoms with Crippen molar-refractivity contribution >= 4 is 35.8 Å². The highest BCUT2D eigenvalue weighted by molar-refractivity contribution is 7.98. The lowest BCUT2D eigenvalue weighted by Crippen LogP contribution is -2.37. The van der Waals surface area contributed by atoms with Gasteiger partial charge in [-0.2, -0.15) is 0 Å². The fraction of sp³-hybridized carbons (Fsp3) is 0.174. The predicted molar refractivity (Wildman–Crippen MR) is 121 cm³/mol. The largest absolute Gasteiger partial charge is 0.324 e. The van der Waals surface area contributed by atoms with Crippen LogP contribution in [-0.4, -0.2) is 11.9 Å². The smallest absolute Gasteiger partial charge is 0.241 e. The highest BCUT2D eigenvalue weighted by atomic mass is 35.5. The second kappa shape index (κ2) is 10.9. The lowest BCUT2D eigenvalue weighted by Gasteiger charge is -2.14. The quantitative estimate of drug-likeness (QED) is 0.523. The summed E-state index contributed by atoms with van der Waals surface area (Å²) in [5, 5.41) is 2.96. The van der Waals surface area contributed by atoms with Crippen molar-refractivity contribution in [3.05, 3.63) is 95.6 Å². The number of anilines is 1. The third kappa shape index (κ3) is 6.41. The van der Waals surface area contributed by atoms with Gasteiger partial charge in [0, 0.05) is 16.3 Å². The van der Waals surface area contributed by atoms with E-state index < -0.39 is 6.04 Å². The van der Waals surface area contributed by atoms with Crippen LogP contribution in [0.25, 0.3) is 0 Å². The molecule has 0 aliphatic heterocycles. The van der Waals surface area contributed by atoms with Crippen LogP contribution in [0.2, 0.25) is 0 Å². The van der Waals surface area contributed by atoms with Crippen molar-refractivity contribution in [1.29, 1.82) is 0 Å². The first kappa shape index (κ1) is 22.0. The average Bonchev–Trinajstić information content (AvgIpc) is 2.69. The Morgan fingerprint density at radius 1 is 0.964 bits per heavy atom. The van der Waals surface area contributed by atoms with Gasteiger partial charge >= 0.3 is 0 Å². The van der Waals surface area contributed by atoms with Crippen molar-refractivity contribution in [3.63, 3.8) is 0 Å². The molecule has 1 amide bonds. The molecule has 0 aliphatic carbocycles. The van der Waals surface area contributed by atoms with Crippen LogP contribution in [0, 0.1) is 6.92 Å². The molecule has 0 spiro atoms. The standard InChI is InChI=1S/C23H24N2OS.ClH/c1-17-14-20(27-16-19-10-6-3-7-11-19)12-13-22(17)25-23(26)21(24)15-18-8-4-2-5-9-18;/h2-14,21H,15-16,24H2,1H3,(H,25,26);1H. The molecule has 5 heteroatoms. The van der Waals surface area contributed by atoms with Crippen molar-refractivity contribution in [2.24, 2.45) is 5.73 Å². The Morgan fingerprint density at radius 3 is 2.18 bits per heavy atom. The van der Waals surface area contributed by atoms with Crippen LogP contribution in [0.3, 0.4) is 0 Å². The number of benzene rings is 3. The average molecular weight is 413 g/mol. The molecule has 28 heavy (non-hydrogen) atoms. The third-order valence-electron chi connectivity index (χ3n) is 4.34. The maximum atomic E-state index is 12.4. The van der Waals surface area contributed by atoms with Gasteiger partial charge in [-0.15, -0.1) is 24.2 Å². The molecule has 3 N–H and O–H groups in total. The molecule has 0 fully saturated rings. The predicted octanol–water partition coefficient (Wildman–Crippen LogP) is 5.22. The van der Waals surface area contributed by atoms with E-state index in [4.69, 9.17) is 5.73 Å². The Labute approximate surface area is 177 Å². The Balaban J connectivity index is 0.00000280. The van der Waals surface area contributed by atoms with Crippen molar-refractivity contribution in [1.82, 2.24) is 0 Å². The molecule has 0 aromatic heterocycles. The van der Waals surface area contributed by atoms with Gasteiger partial charge in [-0.3, -0.25) is 4.79 Å². The summed E-state index contributed by atoms with van der Waals surface area (Å²) < 4.78 is 0. The van der Waals surface area contributed by atoms with Crippen LogP contribution in [0.4, 0.5) is 5.69 Å². The van der Waals surface area contributed by atoms with Gasteiger partial charge in [-0.05, 0) is 48.2 Å². The van der Waals surface area contributed by atoms with Gasteiger partial charge in [0.2, 0.25) is 5.91 Å². The van der Waals surface area contributed by atoms with Gasteiger partial charge in [0.1, 0.15) is 0 Å². The summed E-state index contributed by atoms with van der Waals surface area (Å²) in [5.74, 6) is 0.764. The molecule has 3 rings (SSSR count). The minimum atomic E-state index is -0.570. The van der Waals surface area contributed by atoms with E-state index in [1.54, 1.807) is 11.8 Å². The second-order valence-corrected chi connectivity index (χ2v) is 7.59. The number of nitrogens with one attached hydrogen (secondary N) is 1. The number of halogens is 1. The van der Waals surface area contributed by atoms with E-state index in [0.717, 1.165) is 22.6 Å². The van der Waals surface area contributed by atoms with Gasteiger partial charge in [-0.1, -0.05) is 60.7 Å². The molecule has 0 saturated carbocycles. The van der Waals surface area contributed by atoms with Gasteiger partial charge < -0.3 is 11.1 Å². The van der Waals surface area contributed by atoms with E-state index in [1.807, 2.05) is 55.5 Å². The first-order valence-electron chi connectivity index (χ1n) is 8.99. The van der Waals surface area contributed by atoms with Crippen LogP contribution in [-0.2, 0) is 17.0 Å². The maximum Gasteiger partial charge on any atom is 0.241 e. The molecule has 1 unspecified atom stereocenters. The van der Waals surface area contributed by atoms with E-state index >= 15 is 0 Å². The Morgan fingerprint density at radius 2 is 1.57 bits per heavy atom. The zero-order chi connectivity index (χ0) is 19.1.